The minimum atomic E-state index is -3.48. The molecule has 3 rings (SSSR count). The molecule has 0 spiro atoms. The first-order valence-electron chi connectivity index (χ1n) is 7.58. The first-order chi connectivity index (χ1) is 10.6. The molecular formula is C15H21N3O3S. The highest BCUT2D eigenvalue weighted by Crippen LogP contribution is 2.21. The molecule has 1 N–H and O–H groups in total. The Kier molecular flexibility index (Phi) is 4.46. The number of aromatic amines is 1. The van der Waals surface area contributed by atoms with E-state index < -0.39 is 10.0 Å². The van der Waals surface area contributed by atoms with Gasteiger partial charge >= 0.3 is 0 Å². The molecule has 2 aromatic rings. The van der Waals surface area contributed by atoms with Gasteiger partial charge in [0.2, 0.25) is 10.0 Å². The van der Waals surface area contributed by atoms with Crippen LogP contribution in [0.3, 0.4) is 0 Å². The standard InChI is InChI=1S/C15H21N3O3S/c1-18(8-7-12-4-2-3-9-21-12)22(19,20)13-5-6-14-15(10-13)17-11-16-14/h5-6,10-12H,2-4,7-9H2,1H3,(H,16,17). The van der Waals surface area contributed by atoms with Crippen molar-refractivity contribution in [2.24, 2.45) is 0 Å². The van der Waals surface area contributed by atoms with Gasteiger partial charge in [0.25, 0.3) is 0 Å². The summed E-state index contributed by atoms with van der Waals surface area (Å²) in [5.41, 5.74) is 1.49. The zero-order chi connectivity index (χ0) is 15.6. The third kappa shape index (κ3) is 3.16. The lowest BCUT2D eigenvalue weighted by Crippen LogP contribution is -2.31. The number of ether oxygens (including phenoxy) is 1. The first-order valence-corrected chi connectivity index (χ1v) is 9.02. The summed E-state index contributed by atoms with van der Waals surface area (Å²) < 4.78 is 32.3. The Balaban J connectivity index is 1.70. The topological polar surface area (TPSA) is 75.3 Å². The van der Waals surface area contributed by atoms with Gasteiger partial charge in [-0.1, -0.05) is 0 Å². The van der Waals surface area contributed by atoms with Crippen LogP contribution in [0, 0.1) is 0 Å². The molecule has 7 heteroatoms. The maximum absolute atomic E-state index is 12.6. The Morgan fingerprint density at radius 3 is 3.05 bits per heavy atom. The molecule has 1 aromatic carbocycles. The van der Waals surface area contributed by atoms with Crippen LogP contribution in [0.15, 0.2) is 29.4 Å². The predicted octanol–water partition coefficient (Wildman–Crippen LogP) is 2.14. The number of nitrogens with zero attached hydrogens (tertiary/aromatic N) is 2. The first kappa shape index (κ1) is 15.5. The van der Waals surface area contributed by atoms with E-state index in [9.17, 15) is 8.42 Å². The molecule has 2 heterocycles. The smallest absolute Gasteiger partial charge is 0.242 e. The van der Waals surface area contributed by atoms with Gasteiger partial charge in [-0.05, 0) is 43.9 Å². The lowest BCUT2D eigenvalue weighted by atomic mass is 10.1. The number of H-pyrrole nitrogens is 1. The summed E-state index contributed by atoms with van der Waals surface area (Å²) in [5.74, 6) is 0. The molecule has 1 saturated heterocycles. The third-order valence-electron chi connectivity index (χ3n) is 4.14. The van der Waals surface area contributed by atoms with Crippen molar-refractivity contribution < 1.29 is 13.2 Å². The molecule has 22 heavy (non-hydrogen) atoms. The van der Waals surface area contributed by atoms with Crippen molar-refractivity contribution in [3.05, 3.63) is 24.5 Å². The summed E-state index contributed by atoms with van der Waals surface area (Å²) in [6.07, 6.45) is 5.77. The second kappa shape index (κ2) is 6.36. The second-order valence-corrected chi connectivity index (χ2v) is 7.73. The van der Waals surface area contributed by atoms with Gasteiger partial charge < -0.3 is 9.72 Å². The van der Waals surface area contributed by atoms with Crippen LogP contribution in [0.4, 0.5) is 0 Å². The van der Waals surface area contributed by atoms with Crippen molar-refractivity contribution >= 4 is 21.1 Å². The Bertz CT molecular complexity index is 735. The summed E-state index contributed by atoms with van der Waals surface area (Å²) in [6, 6.07) is 4.95. The normalized spacial score (nSPS) is 19.8. The SMILES string of the molecule is CN(CCC1CCCCO1)S(=O)(=O)c1ccc2nc[nH]c2c1. The molecule has 0 amide bonds. The average Bonchev–Trinajstić information content (AvgIpc) is 3.01. The minimum Gasteiger partial charge on any atom is -0.378 e. The van der Waals surface area contributed by atoms with E-state index in [1.165, 1.54) is 4.31 Å². The number of nitrogens with one attached hydrogen (secondary N) is 1. The van der Waals surface area contributed by atoms with E-state index in [2.05, 4.69) is 9.97 Å². The van der Waals surface area contributed by atoms with Gasteiger partial charge in [-0.15, -0.1) is 0 Å². The molecular weight excluding hydrogens is 302 g/mol. The molecule has 0 radical (unpaired) electrons. The molecule has 1 unspecified atom stereocenters. The monoisotopic (exact) mass is 323 g/mol. The zero-order valence-electron chi connectivity index (χ0n) is 12.7. The molecule has 1 aliphatic rings. The summed E-state index contributed by atoms with van der Waals surface area (Å²) in [7, 11) is -1.86. The summed E-state index contributed by atoms with van der Waals surface area (Å²) >= 11 is 0. The van der Waals surface area contributed by atoms with Crippen LogP contribution in [0.5, 0.6) is 0 Å². The molecule has 1 fully saturated rings. The maximum Gasteiger partial charge on any atom is 0.242 e. The van der Waals surface area contributed by atoms with Crippen LogP contribution >= 0.6 is 0 Å². The van der Waals surface area contributed by atoms with Gasteiger partial charge in [-0.3, -0.25) is 0 Å². The van der Waals surface area contributed by atoms with E-state index in [1.807, 2.05) is 0 Å². The summed E-state index contributed by atoms with van der Waals surface area (Å²) in [4.78, 5) is 7.33. The molecule has 1 aliphatic heterocycles. The molecule has 0 bridgehead atoms. The third-order valence-corrected chi connectivity index (χ3v) is 5.99. The molecule has 0 aliphatic carbocycles. The summed E-state index contributed by atoms with van der Waals surface area (Å²) in [5, 5.41) is 0. The average molecular weight is 323 g/mol. The van der Waals surface area contributed by atoms with E-state index in [0.29, 0.717) is 6.54 Å². The molecule has 1 atom stereocenters. The Morgan fingerprint density at radius 2 is 2.27 bits per heavy atom. The summed E-state index contributed by atoms with van der Waals surface area (Å²) in [6.45, 7) is 1.26. The van der Waals surface area contributed by atoms with E-state index in [4.69, 9.17) is 4.74 Å². The van der Waals surface area contributed by atoms with Crippen LogP contribution < -0.4 is 0 Å². The van der Waals surface area contributed by atoms with E-state index in [1.54, 1.807) is 31.6 Å². The Labute approximate surface area is 130 Å². The van der Waals surface area contributed by atoms with Crippen molar-refractivity contribution in [3.63, 3.8) is 0 Å². The van der Waals surface area contributed by atoms with E-state index >= 15 is 0 Å². The van der Waals surface area contributed by atoms with Gasteiger partial charge in [0.1, 0.15) is 0 Å². The van der Waals surface area contributed by atoms with Gasteiger partial charge in [0.05, 0.1) is 28.4 Å². The second-order valence-electron chi connectivity index (χ2n) is 5.69. The van der Waals surface area contributed by atoms with Crippen molar-refractivity contribution in [3.8, 4) is 0 Å². The van der Waals surface area contributed by atoms with Crippen molar-refractivity contribution in [1.82, 2.24) is 14.3 Å². The number of rotatable bonds is 5. The van der Waals surface area contributed by atoms with Crippen LogP contribution in [0.25, 0.3) is 11.0 Å². The van der Waals surface area contributed by atoms with Crippen LogP contribution in [-0.2, 0) is 14.8 Å². The largest absolute Gasteiger partial charge is 0.378 e. The molecule has 120 valence electrons. The molecule has 6 nitrogen and oxygen atoms in total. The quantitative estimate of drug-likeness (QED) is 0.915. The highest BCUT2D eigenvalue weighted by atomic mass is 32.2. The van der Waals surface area contributed by atoms with E-state index in [-0.39, 0.29) is 11.0 Å². The molecule has 1 aromatic heterocycles. The number of aromatic nitrogens is 2. The van der Waals surface area contributed by atoms with Crippen LogP contribution in [0.2, 0.25) is 0 Å². The number of hydrogen-bond acceptors (Lipinski definition) is 4. The van der Waals surface area contributed by atoms with Gasteiger partial charge in [-0.2, -0.15) is 0 Å². The van der Waals surface area contributed by atoms with E-state index in [0.717, 1.165) is 43.3 Å². The van der Waals surface area contributed by atoms with Gasteiger partial charge in [0.15, 0.2) is 0 Å². The van der Waals surface area contributed by atoms with Crippen LogP contribution in [0.1, 0.15) is 25.7 Å². The minimum absolute atomic E-state index is 0.182. The maximum atomic E-state index is 12.6. The van der Waals surface area contributed by atoms with Crippen LogP contribution in [-0.4, -0.2) is 49.0 Å². The lowest BCUT2D eigenvalue weighted by molar-refractivity contribution is 0.00950. The van der Waals surface area contributed by atoms with Crippen molar-refractivity contribution in [2.75, 3.05) is 20.2 Å². The van der Waals surface area contributed by atoms with Crippen molar-refractivity contribution in [2.45, 2.75) is 36.7 Å². The fourth-order valence-electron chi connectivity index (χ4n) is 2.74. The number of imidazole rings is 1. The number of sulfonamides is 1. The lowest BCUT2D eigenvalue weighted by Gasteiger charge is -2.25. The fraction of sp³-hybridized carbons (Fsp3) is 0.533. The van der Waals surface area contributed by atoms with Gasteiger partial charge in [-0.25, -0.2) is 17.7 Å². The number of benzene rings is 1. The number of hydrogen-bond donors (Lipinski definition) is 1. The highest BCUT2D eigenvalue weighted by molar-refractivity contribution is 7.89. The fourth-order valence-corrected chi connectivity index (χ4v) is 3.95. The predicted molar refractivity (Wildman–Crippen MR) is 84.1 cm³/mol. The Hall–Kier alpha value is -1.44. The highest BCUT2D eigenvalue weighted by Gasteiger charge is 2.23. The van der Waals surface area contributed by atoms with Gasteiger partial charge in [0, 0.05) is 20.2 Å². The van der Waals surface area contributed by atoms with Crippen molar-refractivity contribution in [1.29, 1.82) is 0 Å². The number of fused-ring (bicyclic) bond motifs is 1. The zero-order valence-corrected chi connectivity index (χ0v) is 13.5. The Morgan fingerprint density at radius 1 is 1.41 bits per heavy atom. The molecule has 0 saturated carbocycles.